The maximum Gasteiger partial charge on any atom is 0.368 e. The number of hydrogen-bond donors (Lipinski definition) is 0. The first-order valence-corrected chi connectivity index (χ1v) is 22.2. The lowest BCUT2D eigenvalue weighted by Crippen LogP contribution is -2.56. The molecule has 0 aromatic heterocycles. The van der Waals surface area contributed by atoms with Gasteiger partial charge in [-0.05, 0) is 78.3 Å². The zero-order valence-corrected chi connectivity index (χ0v) is 24.3. The van der Waals surface area contributed by atoms with Gasteiger partial charge < -0.3 is 12.3 Å². The number of hydrogen-bond acceptors (Lipinski definition) is 6. The fourth-order valence-electron chi connectivity index (χ4n) is 2.67. The molecule has 0 rings (SSSR count). The molecule has 0 aromatic carbocycles. The van der Waals surface area contributed by atoms with Crippen LogP contribution in [0.2, 0.25) is 65.0 Å². The average Bonchev–Trinajstić information content (AvgIpc) is 2.42. The fourth-order valence-corrected chi connectivity index (χ4v) is 20.6. The van der Waals surface area contributed by atoms with E-state index in [0.717, 1.165) is 6.04 Å². The van der Waals surface area contributed by atoms with Gasteiger partial charge in [0.25, 0.3) is 0 Å². The van der Waals surface area contributed by atoms with Crippen molar-refractivity contribution >= 4 is 39.7 Å². The van der Waals surface area contributed by atoms with E-state index in [1.165, 1.54) is 0 Å². The van der Waals surface area contributed by atoms with E-state index in [9.17, 15) is 4.79 Å². The van der Waals surface area contributed by atoms with Crippen molar-refractivity contribution in [1.82, 2.24) is 0 Å². The third-order valence-corrected chi connectivity index (χ3v) is 16.4. The summed E-state index contributed by atoms with van der Waals surface area (Å²) < 4.78 is 19.4. The predicted octanol–water partition coefficient (Wildman–Crippen LogP) is 5.95. The third kappa shape index (κ3) is 16.8. The van der Waals surface area contributed by atoms with Gasteiger partial charge in [-0.3, -0.25) is 4.89 Å². The lowest BCUT2D eigenvalue weighted by molar-refractivity contribution is -0.268. The van der Waals surface area contributed by atoms with Crippen molar-refractivity contribution in [3.8, 4) is 0 Å². The molecule has 0 heterocycles. The van der Waals surface area contributed by atoms with Crippen LogP contribution in [-0.4, -0.2) is 46.3 Å². The summed E-state index contributed by atoms with van der Waals surface area (Å²) in [5.74, 6) is -0.545. The molecule has 0 aromatic rings. The molecule has 0 bridgehead atoms. The Labute approximate surface area is 177 Å². The Morgan fingerprint density at radius 1 is 0.821 bits per heavy atom. The van der Waals surface area contributed by atoms with Crippen LogP contribution in [0.1, 0.15) is 27.2 Å². The molecule has 0 fully saturated rings. The Morgan fingerprint density at radius 2 is 1.29 bits per heavy atom. The minimum absolute atomic E-state index is 0.302. The highest BCUT2D eigenvalue weighted by atomic mass is 28.5. The fraction of sp³-hybridized carbons (Fsp3) is 0.833. The summed E-state index contributed by atoms with van der Waals surface area (Å²) in [5, 5.41) is 0. The molecule has 1 unspecified atom stereocenters. The molecule has 0 aliphatic carbocycles. The van der Waals surface area contributed by atoms with E-state index in [1.807, 2.05) is 13.8 Å². The van der Waals surface area contributed by atoms with Crippen LogP contribution in [0, 0.1) is 0 Å². The second-order valence-corrected chi connectivity index (χ2v) is 25.6. The van der Waals surface area contributed by atoms with E-state index in [-0.39, 0.29) is 0 Å². The van der Waals surface area contributed by atoms with Gasteiger partial charge in [0.05, 0.1) is 6.61 Å². The van der Waals surface area contributed by atoms with Crippen molar-refractivity contribution < 1.29 is 26.9 Å². The number of carbonyl (C=O) groups is 1. The molecule has 168 valence electrons. The Kier molecular flexibility index (Phi) is 13.5. The van der Waals surface area contributed by atoms with Crippen molar-refractivity contribution in [2.45, 2.75) is 92.2 Å². The highest BCUT2D eigenvalue weighted by Crippen LogP contribution is 2.27. The first kappa shape index (κ1) is 30.1. The molecule has 0 spiro atoms. The molecule has 0 amide bonds. The molecule has 0 aliphatic heterocycles. The predicted molar refractivity (Wildman–Crippen MR) is 127 cm³/mol. The smallest absolute Gasteiger partial charge is 0.368 e. The Hall–Kier alpha value is -0.0825. The second-order valence-electron chi connectivity index (χ2n) is 9.14. The van der Waals surface area contributed by atoms with E-state index in [4.69, 9.17) is 17.2 Å². The molecule has 0 saturated carbocycles. The van der Waals surface area contributed by atoms with Gasteiger partial charge in [-0.1, -0.05) is 20.4 Å². The minimum atomic E-state index is -2.44. The van der Waals surface area contributed by atoms with Crippen LogP contribution in [0.15, 0.2) is 12.2 Å². The van der Waals surface area contributed by atoms with Crippen LogP contribution in [0.4, 0.5) is 0 Å². The van der Waals surface area contributed by atoms with E-state index in [0.29, 0.717) is 18.6 Å². The van der Waals surface area contributed by atoms with E-state index >= 15 is 0 Å². The van der Waals surface area contributed by atoms with Crippen LogP contribution in [0.25, 0.3) is 0 Å². The molecule has 6 nitrogen and oxygen atoms in total. The summed E-state index contributed by atoms with van der Waals surface area (Å²) in [6.07, 6.45) is 0.689. The van der Waals surface area contributed by atoms with Gasteiger partial charge in [0.15, 0.2) is 16.6 Å². The highest BCUT2D eigenvalue weighted by Gasteiger charge is 2.44. The Bertz CT molecular complexity index is 485. The molecule has 1 atom stereocenters. The van der Waals surface area contributed by atoms with Crippen molar-refractivity contribution in [3.05, 3.63) is 12.2 Å². The van der Waals surface area contributed by atoms with Crippen LogP contribution in [0.3, 0.4) is 0 Å². The van der Waals surface area contributed by atoms with E-state index < -0.39 is 39.7 Å². The molecular formula is C18H44O6Si4. The van der Waals surface area contributed by atoms with E-state index in [1.54, 1.807) is 6.92 Å². The summed E-state index contributed by atoms with van der Waals surface area (Å²) in [5.41, 5.74) is 0.311. The topological polar surface area (TPSA) is 63.2 Å². The maximum atomic E-state index is 11.3. The van der Waals surface area contributed by atoms with Gasteiger partial charge in [-0.2, -0.15) is 4.89 Å². The number of carbonyl (C=O) groups excluding carboxylic acids is 1. The van der Waals surface area contributed by atoms with Crippen molar-refractivity contribution in [3.63, 3.8) is 0 Å². The summed E-state index contributed by atoms with van der Waals surface area (Å²) in [7, 11) is -8.20. The Morgan fingerprint density at radius 3 is 1.68 bits per heavy atom. The highest BCUT2D eigenvalue weighted by molar-refractivity contribution is 6.89. The van der Waals surface area contributed by atoms with Gasteiger partial charge in [-0.15, -0.1) is 0 Å². The average molecular weight is 469 g/mol. The molecule has 0 aliphatic rings. The monoisotopic (exact) mass is 468 g/mol. The molecule has 28 heavy (non-hydrogen) atoms. The summed E-state index contributed by atoms with van der Waals surface area (Å²) in [6, 6.07) is 0.757. The van der Waals surface area contributed by atoms with Crippen LogP contribution >= 0.6 is 0 Å². The van der Waals surface area contributed by atoms with Gasteiger partial charge in [-0.25, -0.2) is 4.79 Å². The van der Waals surface area contributed by atoms with Crippen molar-refractivity contribution in [2.24, 2.45) is 0 Å². The summed E-state index contributed by atoms with van der Waals surface area (Å²) in [4.78, 5) is 21.0. The molecule has 0 saturated heterocycles. The van der Waals surface area contributed by atoms with Gasteiger partial charge >= 0.3 is 23.1 Å². The third-order valence-electron chi connectivity index (χ3n) is 2.88. The number of rotatable bonds is 12. The molecule has 0 radical (unpaired) electrons. The van der Waals surface area contributed by atoms with Crippen LogP contribution in [0.5, 0.6) is 0 Å². The maximum absolute atomic E-state index is 11.3. The quantitative estimate of drug-likeness (QED) is 0.116. The van der Waals surface area contributed by atoms with Crippen LogP contribution in [-0.2, 0) is 26.9 Å². The first-order chi connectivity index (χ1) is 12.4. The summed E-state index contributed by atoms with van der Waals surface area (Å²) >= 11 is 0. The largest absolute Gasteiger partial charge is 0.437 e. The minimum Gasteiger partial charge on any atom is -0.437 e. The zero-order valence-electron chi connectivity index (χ0n) is 20.3. The second kappa shape index (κ2) is 12.6. The molecule has 10 heteroatoms. The van der Waals surface area contributed by atoms with Crippen LogP contribution < -0.4 is 0 Å². The SMILES string of the molecule is C=C(C)C(=O)OOCCC[Si](C)(O[Si](C)(C)C)O[Si](C)(C)O[Si](C)(C)C.CC. The van der Waals surface area contributed by atoms with Gasteiger partial charge in [0, 0.05) is 5.57 Å². The standard InChI is InChI=1S/C16H38O6Si4.C2H6/c1-15(2)16(17)19-18-13-12-14-26(11,21-24(6,7)8)22-25(9,10)20-23(3,4)5;1-2/h1,12-14H2,2-11H3;1-2H3. The Balaban J connectivity index is 0. The molecular weight excluding hydrogens is 425 g/mol. The normalized spacial score (nSPS) is 14.6. The van der Waals surface area contributed by atoms with Gasteiger partial charge in [0.2, 0.25) is 0 Å². The van der Waals surface area contributed by atoms with Crippen molar-refractivity contribution in [1.29, 1.82) is 0 Å². The van der Waals surface area contributed by atoms with E-state index in [2.05, 4.69) is 70.4 Å². The summed E-state index contributed by atoms with van der Waals surface area (Å²) in [6.45, 7) is 28.7. The first-order valence-electron chi connectivity index (χ1n) is 10.0. The zero-order chi connectivity index (χ0) is 22.8. The van der Waals surface area contributed by atoms with Gasteiger partial charge in [0.1, 0.15) is 0 Å². The molecule has 0 N–H and O–H groups in total. The lowest BCUT2D eigenvalue weighted by Gasteiger charge is -2.41. The lowest BCUT2D eigenvalue weighted by atomic mass is 10.4. The van der Waals surface area contributed by atoms with Crippen molar-refractivity contribution in [2.75, 3.05) is 6.61 Å².